The Morgan fingerprint density at radius 3 is 2.91 bits per heavy atom. The molecule has 1 saturated heterocycles. The molecule has 2 aromatic rings. The molecular weight excluding hydrogens is 274 g/mol. The van der Waals surface area contributed by atoms with Gasteiger partial charge in [-0.1, -0.05) is 26.2 Å². The minimum atomic E-state index is 0.849. The number of aryl methyl sites for hydroxylation is 1. The molecule has 1 fully saturated rings. The standard InChI is InChI=1S/C17H27N5/c1-2-3-5-14-7-10-22(11-8-14)9-4-6-16-20-15-12-18-13-19-17(15)21-16/h12-14H,2-11H2,1H3,(H,18,19,20,21). The molecule has 0 atom stereocenters. The van der Waals surface area contributed by atoms with Gasteiger partial charge in [0.15, 0.2) is 5.65 Å². The first-order chi connectivity index (χ1) is 10.8. The summed E-state index contributed by atoms with van der Waals surface area (Å²) in [5.41, 5.74) is 1.72. The molecule has 2 aromatic heterocycles. The van der Waals surface area contributed by atoms with E-state index < -0.39 is 0 Å². The first-order valence-electron chi connectivity index (χ1n) is 8.72. The van der Waals surface area contributed by atoms with Crippen molar-refractivity contribution in [3.8, 4) is 0 Å². The van der Waals surface area contributed by atoms with Gasteiger partial charge in [0.05, 0.1) is 6.20 Å². The van der Waals surface area contributed by atoms with Crippen LogP contribution in [0.3, 0.4) is 0 Å². The van der Waals surface area contributed by atoms with E-state index in [1.165, 1.54) is 51.7 Å². The van der Waals surface area contributed by atoms with Crippen LogP contribution in [-0.2, 0) is 6.42 Å². The zero-order valence-electron chi connectivity index (χ0n) is 13.6. The molecule has 3 heterocycles. The zero-order chi connectivity index (χ0) is 15.2. The van der Waals surface area contributed by atoms with Crippen LogP contribution in [0.15, 0.2) is 12.5 Å². The largest absolute Gasteiger partial charge is 0.327 e. The van der Waals surface area contributed by atoms with E-state index in [-0.39, 0.29) is 0 Å². The molecule has 1 aliphatic rings. The number of imidazole rings is 1. The van der Waals surface area contributed by atoms with Gasteiger partial charge in [-0.3, -0.25) is 0 Å². The second kappa shape index (κ2) is 7.68. The molecule has 0 amide bonds. The lowest BCUT2D eigenvalue weighted by Crippen LogP contribution is -2.34. The number of likely N-dealkylation sites (tertiary alicyclic amines) is 1. The van der Waals surface area contributed by atoms with E-state index in [1.807, 2.05) is 0 Å². The minimum absolute atomic E-state index is 0.849. The van der Waals surface area contributed by atoms with Crippen LogP contribution in [0.1, 0.15) is 51.3 Å². The Bertz CT molecular complexity index is 538. The van der Waals surface area contributed by atoms with Gasteiger partial charge >= 0.3 is 0 Å². The molecule has 1 N–H and O–H groups in total. The molecule has 5 heteroatoms. The van der Waals surface area contributed by atoms with Crippen molar-refractivity contribution < 1.29 is 0 Å². The van der Waals surface area contributed by atoms with Crippen molar-refractivity contribution in [1.82, 2.24) is 24.8 Å². The molecule has 0 saturated carbocycles. The minimum Gasteiger partial charge on any atom is -0.327 e. The highest BCUT2D eigenvalue weighted by molar-refractivity contribution is 5.68. The fraction of sp³-hybridized carbons (Fsp3) is 0.706. The van der Waals surface area contributed by atoms with Crippen LogP contribution in [-0.4, -0.2) is 44.5 Å². The molecule has 0 bridgehead atoms. The Morgan fingerprint density at radius 1 is 1.27 bits per heavy atom. The molecule has 3 rings (SSSR count). The fourth-order valence-corrected chi connectivity index (χ4v) is 3.39. The molecule has 0 aliphatic carbocycles. The van der Waals surface area contributed by atoms with Gasteiger partial charge in [-0.15, -0.1) is 0 Å². The molecule has 1 aliphatic heterocycles. The predicted octanol–water partition coefficient (Wildman–Crippen LogP) is 3.19. The van der Waals surface area contributed by atoms with E-state index >= 15 is 0 Å². The SMILES string of the molecule is CCCCC1CCN(CCCc2nc3cncnc3[nH]2)CC1. The molecule has 0 aromatic carbocycles. The molecule has 0 spiro atoms. The van der Waals surface area contributed by atoms with Crippen LogP contribution in [0.2, 0.25) is 0 Å². The Kier molecular flexibility index (Phi) is 5.38. The van der Waals surface area contributed by atoms with E-state index in [0.29, 0.717) is 0 Å². The first kappa shape index (κ1) is 15.4. The highest BCUT2D eigenvalue weighted by Gasteiger charge is 2.18. The molecule has 0 unspecified atom stereocenters. The number of hydrogen-bond donors (Lipinski definition) is 1. The summed E-state index contributed by atoms with van der Waals surface area (Å²) in [6.07, 6.45) is 12.4. The summed E-state index contributed by atoms with van der Waals surface area (Å²) in [4.78, 5) is 18.6. The number of aromatic amines is 1. The number of H-pyrrole nitrogens is 1. The maximum absolute atomic E-state index is 4.54. The van der Waals surface area contributed by atoms with Gasteiger partial charge in [0.1, 0.15) is 17.7 Å². The van der Waals surface area contributed by atoms with Crippen LogP contribution in [0.4, 0.5) is 0 Å². The van der Waals surface area contributed by atoms with Crippen LogP contribution < -0.4 is 0 Å². The molecule has 0 radical (unpaired) electrons. The van der Waals surface area contributed by atoms with Crippen LogP contribution in [0, 0.1) is 5.92 Å². The maximum Gasteiger partial charge on any atom is 0.160 e. The average Bonchev–Trinajstić information content (AvgIpc) is 2.97. The number of fused-ring (bicyclic) bond motifs is 1. The lowest BCUT2D eigenvalue weighted by Gasteiger charge is -2.31. The van der Waals surface area contributed by atoms with Crippen molar-refractivity contribution in [2.75, 3.05) is 19.6 Å². The summed E-state index contributed by atoms with van der Waals surface area (Å²) >= 11 is 0. The summed E-state index contributed by atoms with van der Waals surface area (Å²) in [6, 6.07) is 0. The van der Waals surface area contributed by atoms with Crippen molar-refractivity contribution in [1.29, 1.82) is 0 Å². The summed E-state index contributed by atoms with van der Waals surface area (Å²) in [5, 5.41) is 0. The van der Waals surface area contributed by atoms with Gasteiger partial charge in [0, 0.05) is 6.42 Å². The number of nitrogens with one attached hydrogen (secondary N) is 1. The fourth-order valence-electron chi connectivity index (χ4n) is 3.39. The normalized spacial score (nSPS) is 17.3. The van der Waals surface area contributed by atoms with Gasteiger partial charge in [0.25, 0.3) is 0 Å². The third-order valence-corrected chi connectivity index (χ3v) is 4.77. The average molecular weight is 301 g/mol. The van der Waals surface area contributed by atoms with Crippen molar-refractivity contribution >= 4 is 11.2 Å². The highest BCUT2D eigenvalue weighted by Crippen LogP contribution is 2.22. The summed E-state index contributed by atoms with van der Waals surface area (Å²) in [7, 11) is 0. The number of nitrogens with zero attached hydrogens (tertiary/aromatic N) is 4. The number of rotatable bonds is 7. The monoisotopic (exact) mass is 301 g/mol. The maximum atomic E-state index is 4.54. The third-order valence-electron chi connectivity index (χ3n) is 4.77. The first-order valence-corrected chi connectivity index (χ1v) is 8.72. The van der Waals surface area contributed by atoms with E-state index in [9.17, 15) is 0 Å². The van der Waals surface area contributed by atoms with E-state index in [2.05, 4.69) is 31.8 Å². The number of piperidine rings is 1. The predicted molar refractivity (Wildman–Crippen MR) is 88.7 cm³/mol. The Balaban J connectivity index is 1.38. The lowest BCUT2D eigenvalue weighted by molar-refractivity contribution is 0.176. The molecule has 120 valence electrons. The highest BCUT2D eigenvalue weighted by atomic mass is 15.1. The van der Waals surface area contributed by atoms with Crippen molar-refractivity contribution in [3.05, 3.63) is 18.3 Å². The third kappa shape index (κ3) is 4.03. The van der Waals surface area contributed by atoms with Gasteiger partial charge in [0.2, 0.25) is 0 Å². The smallest absolute Gasteiger partial charge is 0.160 e. The number of hydrogen-bond acceptors (Lipinski definition) is 4. The quantitative estimate of drug-likeness (QED) is 0.853. The summed E-state index contributed by atoms with van der Waals surface area (Å²) in [5.74, 6) is 2.01. The molecule has 22 heavy (non-hydrogen) atoms. The summed E-state index contributed by atoms with van der Waals surface area (Å²) < 4.78 is 0. The number of aromatic nitrogens is 4. The van der Waals surface area contributed by atoms with Gasteiger partial charge in [-0.25, -0.2) is 15.0 Å². The second-order valence-electron chi connectivity index (χ2n) is 6.47. The Hall–Kier alpha value is -1.49. The van der Waals surface area contributed by atoms with Crippen molar-refractivity contribution in [2.45, 2.75) is 51.9 Å². The molecular formula is C17H27N5. The Labute approximate surface area is 132 Å². The van der Waals surface area contributed by atoms with Crippen molar-refractivity contribution in [2.24, 2.45) is 5.92 Å². The van der Waals surface area contributed by atoms with Crippen LogP contribution in [0.5, 0.6) is 0 Å². The second-order valence-corrected chi connectivity index (χ2v) is 6.47. The Morgan fingerprint density at radius 2 is 2.14 bits per heavy atom. The van der Waals surface area contributed by atoms with E-state index in [0.717, 1.165) is 35.7 Å². The lowest BCUT2D eigenvalue weighted by atomic mass is 9.91. The van der Waals surface area contributed by atoms with Gasteiger partial charge in [-0.05, 0) is 44.8 Å². The van der Waals surface area contributed by atoms with E-state index in [1.54, 1.807) is 12.5 Å². The zero-order valence-corrected chi connectivity index (χ0v) is 13.6. The molecule has 5 nitrogen and oxygen atoms in total. The van der Waals surface area contributed by atoms with E-state index in [4.69, 9.17) is 0 Å². The van der Waals surface area contributed by atoms with Gasteiger partial charge < -0.3 is 9.88 Å². The topological polar surface area (TPSA) is 57.7 Å². The van der Waals surface area contributed by atoms with Crippen molar-refractivity contribution in [3.63, 3.8) is 0 Å². The summed E-state index contributed by atoms with van der Waals surface area (Å²) in [6.45, 7) is 6.03. The van der Waals surface area contributed by atoms with Crippen LogP contribution in [0.25, 0.3) is 11.2 Å². The van der Waals surface area contributed by atoms with Crippen LogP contribution >= 0.6 is 0 Å². The number of unbranched alkanes of at least 4 members (excludes halogenated alkanes) is 1. The van der Waals surface area contributed by atoms with Gasteiger partial charge in [-0.2, -0.15) is 0 Å².